The molecule has 0 heterocycles. The minimum atomic E-state index is -1.14. The van der Waals surface area contributed by atoms with Crippen molar-refractivity contribution in [2.45, 2.75) is 167 Å². The molecule has 0 aliphatic rings. The number of hydrogen-bond donors (Lipinski definition) is 0. The average molecular weight is 874 g/mol. The number of rotatable bonds is 41. The maximum atomic E-state index is 12.7. The van der Waals surface area contributed by atoms with E-state index in [1.807, 2.05) is 0 Å². The predicted octanol–water partition coefficient (Wildman–Crippen LogP) is 12.5. The highest BCUT2D eigenvalue weighted by Crippen LogP contribution is 2.12. The fourth-order valence-electron chi connectivity index (χ4n) is 6.19. The molecule has 354 valence electrons. The lowest BCUT2D eigenvalue weighted by molar-refractivity contribution is -0.889. The molecule has 0 spiro atoms. The van der Waals surface area contributed by atoms with Crippen LogP contribution in [0, 0.1) is 0 Å². The van der Waals surface area contributed by atoms with Crippen molar-refractivity contribution in [1.82, 2.24) is 0 Å². The molecule has 0 bridgehead atoms. The number of ether oxygens (including phenoxy) is 3. The van der Waals surface area contributed by atoms with Gasteiger partial charge in [0.2, 0.25) is 0 Å². The minimum Gasteiger partial charge on any atom is -0.544 e. The summed E-state index contributed by atoms with van der Waals surface area (Å²) in [4.78, 5) is 37.0. The number of carboxylic acids is 1. The van der Waals surface area contributed by atoms with Crippen molar-refractivity contribution in [3.05, 3.63) is 122 Å². The zero-order valence-corrected chi connectivity index (χ0v) is 40.2. The van der Waals surface area contributed by atoms with E-state index >= 15 is 0 Å². The summed E-state index contributed by atoms with van der Waals surface area (Å²) in [5, 5.41) is 11.6. The SMILES string of the molecule is CC/C=C/C/C=C/C/C=C/C/C=C/C/C=C/C/C=C/C/C=C/CCCC(=O)OC(COCCC(C(=O)[O-])[N+](C)(C)C)COC(=O)CCCCCCCC/C=C/C/C=C/C/C=C/CC. The molecule has 0 aliphatic heterocycles. The molecule has 0 aromatic rings. The second kappa shape index (κ2) is 44.3. The molecule has 8 heteroatoms. The molecule has 0 saturated carbocycles. The van der Waals surface area contributed by atoms with Gasteiger partial charge < -0.3 is 28.6 Å². The highest BCUT2D eigenvalue weighted by Gasteiger charge is 2.25. The maximum Gasteiger partial charge on any atom is 0.306 e. The molecule has 0 saturated heterocycles. The molecule has 0 aliphatic carbocycles. The number of aliphatic carboxylic acids is 1. The summed E-state index contributed by atoms with van der Waals surface area (Å²) in [6, 6.07) is -0.747. The summed E-state index contributed by atoms with van der Waals surface area (Å²) >= 11 is 0. The summed E-state index contributed by atoms with van der Waals surface area (Å²) in [5.74, 6) is -1.85. The molecule has 8 nitrogen and oxygen atoms in total. The first-order valence-electron chi connectivity index (χ1n) is 24.1. The van der Waals surface area contributed by atoms with Crippen LogP contribution in [0.15, 0.2) is 122 Å². The van der Waals surface area contributed by atoms with Crippen LogP contribution in [0.2, 0.25) is 0 Å². The van der Waals surface area contributed by atoms with Crippen LogP contribution in [0.1, 0.15) is 155 Å². The standard InChI is InChI=1S/C55H87NO7/c1-6-8-10-12-14-16-18-20-22-24-25-26-27-28-29-30-32-34-36-38-40-42-44-46-54(58)63-51(49-61-48-47-52(55(59)60)56(3,4)5)50-62-53(57)45-43-41-39-37-35-33-31-23-21-19-17-15-13-11-9-7-2/h8-11,14-17,20-23,25-26,28-29,32,34,38,40,51-52H,6-7,12-13,18-19,24,27,30-31,33,35-37,39,41-50H2,1-5H3/b10-8+,11-9+,16-14+,17-15+,22-20+,23-21+,26-25+,29-28+,34-32+,40-38+. The van der Waals surface area contributed by atoms with Crippen LogP contribution in [-0.2, 0) is 28.6 Å². The van der Waals surface area contributed by atoms with Gasteiger partial charge in [0.05, 0.1) is 40.3 Å². The van der Waals surface area contributed by atoms with E-state index in [4.69, 9.17) is 14.2 Å². The van der Waals surface area contributed by atoms with Gasteiger partial charge in [-0.2, -0.15) is 0 Å². The second-order valence-electron chi connectivity index (χ2n) is 16.6. The summed E-state index contributed by atoms with van der Waals surface area (Å²) in [6.45, 7) is 4.34. The summed E-state index contributed by atoms with van der Waals surface area (Å²) in [7, 11) is 5.37. The van der Waals surface area contributed by atoms with E-state index in [1.54, 1.807) is 21.1 Å². The normalized spacial score (nSPS) is 14.0. The largest absolute Gasteiger partial charge is 0.544 e. The number of carbonyl (C=O) groups is 3. The number of unbranched alkanes of at least 4 members (excludes halogenated alkanes) is 7. The zero-order chi connectivity index (χ0) is 46.3. The first-order chi connectivity index (χ1) is 30.6. The number of esters is 2. The van der Waals surface area contributed by atoms with E-state index < -0.39 is 18.1 Å². The molecule has 0 N–H and O–H groups in total. The highest BCUT2D eigenvalue weighted by atomic mass is 16.6. The maximum absolute atomic E-state index is 12.7. The smallest absolute Gasteiger partial charge is 0.306 e. The Morgan fingerprint density at radius 3 is 1.29 bits per heavy atom. The Morgan fingerprint density at radius 2 is 0.857 bits per heavy atom. The van der Waals surface area contributed by atoms with Gasteiger partial charge in [0.15, 0.2) is 6.10 Å². The van der Waals surface area contributed by atoms with Gasteiger partial charge >= 0.3 is 11.9 Å². The third-order valence-corrected chi connectivity index (χ3v) is 9.84. The van der Waals surface area contributed by atoms with Crippen molar-refractivity contribution in [3.8, 4) is 0 Å². The molecular formula is C55H87NO7. The molecule has 0 amide bonds. The average Bonchev–Trinajstić information content (AvgIpc) is 3.24. The van der Waals surface area contributed by atoms with Crippen LogP contribution in [-0.4, -0.2) is 75.5 Å². The molecule has 0 radical (unpaired) electrons. The van der Waals surface area contributed by atoms with Crippen molar-refractivity contribution in [1.29, 1.82) is 0 Å². The summed E-state index contributed by atoms with van der Waals surface area (Å²) < 4.78 is 17.1. The number of likely N-dealkylation sites (N-methyl/N-ethyl adjacent to an activating group) is 1. The van der Waals surface area contributed by atoms with E-state index in [9.17, 15) is 19.5 Å². The van der Waals surface area contributed by atoms with Crippen LogP contribution in [0.5, 0.6) is 0 Å². The van der Waals surface area contributed by atoms with Crippen molar-refractivity contribution >= 4 is 17.9 Å². The number of hydrogen-bond acceptors (Lipinski definition) is 7. The Kier molecular flexibility index (Phi) is 41.3. The molecule has 0 fully saturated rings. The van der Waals surface area contributed by atoms with Crippen molar-refractivity contribution in [3.63, 3.8) is 0 Å². The van der Waals surface area contributed by atoms with Gasteiger partial charge in [0.25, 0.3) is 0 Å². The van der Waals surface area contributed by atoms with Crippen LogP contribution >= 0.6 is 0 Å². The van der Waals surface area contributed by atoms with Crippen LogP contribution in [0.3, 0.4) is 0 Å². The first kappa shape index (κ1) is 58.7. The lowest BCUT2D eigenvalue weighted by Gasteiger charge is -2.34. The molecule has 0 aromatic carbocycles. The van der Waals surface area contributed by atoms with Gasteiger partial charge in [-0.3, -0.25) is 9.59 Å². The van der Waals surface area contributed by atoms with Gasteiger partial charge in [0, 0.05) is 19.3 Å². The van der Waals surface area contributed by atoms with E-state index in [0.29, 0.717) is 12.8 Å². The summed E-state index contributed by atoms with van der Waals surface area (Å²) in [6.07, 6.45) is 62.3. The van der Waals surface area contributed by atoms with E-state index in [1.165, 1.54) is 12.8 Å². The zero-order valence-electron chi connectivity index (χ0n) is 40.2. The molecule has 2 unspecified atom stereocenters. The second-order valence-corrected chi connectivity index (χ2v) is 16.6. The van der Waals surface area contributed by atoms with E-state index in [2.05, 4.69) is 135 Å². The molecule has 2 atom stereocenters. The molecular weight excluding hydrogens is 787 g/mol. The fourth-order valence-corrected chi connectivity index (χ4v) is 6.19. The van der Waals surface area contributed by atoms with E-state index in [-0.39, 0.29) is 49.1 Å². The topological polar surface area (TPSA) is 102 Å². The fraction of sp³-hybridized carbons (Fsp3) is 0.582. The Labute approximate surface area is 384 Å². The van der Waals surface area contributed by atoms with Gasteiger partial charge in [-0.05, 0) is 96.3 Å². The van der Waals surface area contributed by atoms with Gasteiger partial charge in [-0.1, -0.05) is 161 Å². The van der Waals surface area contributed by atoms with Crippen molar-refractivity contribution in [2.24, 2.45) is 0 Å². The summed E-state index contributed by atoms with van der Waals surface area (Å²) in [5.41, 5.74) is 0. The van der Waals surface area contributed by atoms with Crippen LogP contribution in [0.25, 0.3) is 0 Å². The Hall–Kier alpha value is -4.27. The lowest BCUT2D eigenvalue weighted by atomic mass is 10.1. The van der Waals surface area contributed by atoms with Gasteiger partial charge in [-0.25, -0.2) is 0 Å². The molecule has 63 heavy (non-hydrogen) atoms. The van der Waals surface area contributed by atoms with Crippen molar-refractivity contribution < 1.29 is 38.2 Å². The van der Waals surface area contributed by atoms with Crippen molar-refractivity contribution in [2.75, 3.05) is 41.0 Å². The Morgan fingerprint density at radius 1 is 0.476 bits per heavy atom. The Bertz CT molecular complexity index is 1440. The number of nitrogens with zero attached hydrogens (tertiary/aromatic N) is 1. The quantitative estimate of drug-likeness (QED) is 0.0261. The highest BCUT2D eigenvalue weighted by molar-refractivity contribution is 5.70. The number of carbonyl (C=O) groups excluding carboxylic acids is 3. The van der Waals surface area contributed by atoms with E-state index in [0.717, 1.165) is 103 Å². The third kappa shape index (κ3) is 42.8. The van der Waals surface area contributed by atoms with Gasteiger partial charge in [-0.15, -0.1) is 0 Å². The van der Waals surface area contributed by atoms with Crippen LogP contribution < -0.4 is 5.11 Å². The molecule has 0 aromatic heterocycles. The Balaban J connectivity index is 4.45. The minimum absolute atomic E-state index is 0.00429. The van der Waals surface area contributed by atoms with Gasteiger partial charge in [0.1, 0.15) is 12.6 Å². The third-order valence-electron chi connectivity index (χ3n) is 9.84. The van der Waals surface area contributed by atoms with Crippen LogP contribution in [0.4, 0.5) is 0 Å². The number of allylic oxidation sites excluding steroid dienone is 20. The number of carboxylic acid groups (broad SMARTS) is 1. The molecule has 0 rings (SSSR count). The number of quaternary nitrogens is 1. The predicted molar refractivity (Wildman–Crippen MR) is 263 cm³/mol. The first-order valence-corrected chi connectivity index (χ1v) is 24.1. The monoisotopic (exact) mass is 874 g/mol. The lowest BCUT2D eigenvalue weighted by Crippen LogP contribution is -2.55.